The maximum absolute atomic E-state index is 11.9. The summed E-state index contributed by atoms with van der Waals surface area (Å²) in [6, 6.07) is 0. The van der Waals surface area contributed by atoms with E-state index in [1.165, 1.54) is 0 Å². The molecule has 1 fully saturated rings. The van der Waals surface area contributed by atoms with E-state index in [-0.39, 0.29) is 5.91 Å². The lowest BCUT2D eigenvalue weighted by atomic mass is 10.1. The molecule has 0 aromatic heterocycles. The molecule has 2 rings (SSSR count). The average molecular weight is 263 g/mol. The van der Waals surface area contributed by atoms with Gasteiger partial charge in [0.1, 0.15) is 13.7 Å². The van der Waals surface area contributed by atoms with Crippen LogP contribution in [0.25, 0.3) is 0 Å². The molecule has 0 unspecified atom stereocenters. The van der Waals surface area contributed by atoms with Crippen LogP contribution in [0.2, 0.25) is 19.6 Å². The third kappa shape index (κ3) is 3.24. The fourth-order valence-electron chi connectivity index (χ4n) is 1.86. The van der Waals surface area contributed by atoms with Crippen molar-refractivity contribution in [2.45, 2.75) is 44.5 Å². The summed E-state index contributed by atoms with van der Waals surface area (Å²) in [5.74, 6) is 3.15. The lowest BCUT2D eigenvalue weighted by Crippen LogP contribution is -2.42. The molecule has 98 valence electrons. The van der Waals surface area contributed by atoms with Crippen LogP contribution < -0.4 is 0 Å². The lowest BCUT2D eigenvalue weighted by Gasteiger charge is -2.27. The van der Waals surface area contributed by atoms with Crippen LogP contribution in [0.3, 0.4) is 0 Å². The van der Waals surface area contributed by atoms with Gasteiger partial charge in [-0.25, -0.2) is 0 Å². The van der Waals surface area contributed by atoms with E-state index in [1.54, 1.807) is 4.90 Å². The zero-order chi connectivity index (χ0) is 13.4. The Balaban J connectivity index is 1.95. The predicted molar refractivity (Wildman–Crippen MR) is 74.6 cm³/mol. The molecule has 1 N–H and O–H groups in total. The summed E-state index contributed by atoms with van der Waals surface area (Å²) >= 11 is 0. The first-order valence-corrected chi connectivity index (χ1v) is 10.0. The minimum absolute atomic E-state index is 0.101. The van der Waals surface area contributed by atoms with Gasteiger partial charge in [0.15, 0.2) is 0 Å². The van der Waals surface area contributed by atoms with Gasteiger partial charge >= 0.3 is 0 Å². The van der Waals surface area contributed by atoms with Gasteiger partial charge in [0, 0.05) is 18.7 Å². The number of hydrogen-bond acceptors (Lipinski definition) is 2. The van der Waals surface area contributed by atoms with E-state index in [0.29, 0.717) is 25.9 Å². The third-order valence-electron chi connectivity index (χ3n) is 3.22. The van der Waals surface area contributed by atoms with Gasteiger partial charge in [-0.3, -0.25) is 4.79 Å². The monoisotopic (exact) mass is 263 g/mol. The fourth-order valence-corrected chi connectivity index (χ4v) is 2.40. The van der Waals surface area contributed by atoms with Crippen LogP contribution >= 0.6 is 0 Å². The predicted octanol–water partition coefficient (Wildman–Crippen LogP) is 1.55. The molecule has 0 atom stereocenters. The van der Waals surface area contributed by atoms with E-state index in [4.69, 9.17) is 0 Å². The van der Waals surface area contributed by atoms with Crippen molar-refractivity contribution >= 4 is 14.0 Å². The van der Waals surface area contributed by atoms with Gasteiger partial charge in [0.2, 0.25) is 0 Å². The second kappa shape index (κ2) is 4.56. The minimum Gasteiger partial charge on any atom is -0.380 e. The first-order valence-electron chi connectivity index (χ1n) is 6.54. The molecule has 18 heavy (non-hydrogen) atoms. The summed E-state index contributed by atoms with van der Waals surface area (Å²) < 4.78 is 0. The van der Waals surface area contributed by atoms with E-state index < -0.39 is 13.7 Å². The minimum atomic E-state index is -1.32. The lowest BCUT2D eigenvalue weighted by molar-refractivity contribution is -0.142. The molecule has 0 spiro atoms. The van der Waals surface area contributed by atoms with Gasteiger partial charge in [0.05, 0.1) is 0 Å². The molecule has 0 aromatic carbocycles. The van der Waals surface area contributed by atoms with Crippen LogP contribution in [0.5, 0.6) is 0 Å². The highest BCUT2D eigenvalue weighted by atomic mass is 28.3. The Kier molecular flexibility index (Phi) is 3.39. The van der Waals surface area contributed by atoms with Crippen LogP contribution in [0.4, 0.5) is 0 Å². The van der Waals surface area contributed by atoms with Crippen LogP contribution in [-0.2, 0) is 4.79 Å². The highest BCUT2D eigenvalue weighted by molar-refractivity contribution is 6.83. The van der Waals surface area contributed by atoms with Crippen LogP contribution in [0.15, 0.2) is 11.6 Å². The Morgan fingerprint density at radius 1 is 1.44 bits per heavy atom. The Morgan fingerprint density at radius 2 is 2.11 bits per heavy atom. The van der Waals surface area contributed by atoms with E-state index in [2.05, 4.69) is 31.1 Å². The van der Waals surface area contributed by atoms with Crippen LogP contribution in [0, 0.1) is 11.5 Å². The van der Waals surface area contributed by atoms with Crippen molar-refractivity contribution in [3.05, 3.63) is 11.6 Å². The zero-order valence-corrected chi connectivity index (χ0v) is 12.4. The van der Waals surface area contributed by atoms with Crippen LogP contribution in [-0.4, -0.2) is 42.7 Å². The molecule has 1 heterocycles. The molecular formula is C14H21NO2Si. The van der Waals surface area contributed by atoms with Crippen LogP contribution in [0.1, 0.15) is 19.3 Å². The molecule has 0 saturated heterocycles. The highest BCUT2D eigenvalue weighted by Crippen LogP contribution is 2.37. The molecule has 4 heteroatoms. The van der Waals surface area contributed by atoms with Gasteiger partial charge in [0.25, 0.3) is 5.91 Å². The number of amides is 1. The maximum Gasteiger partial charge on any atom is 0.254 e. The van der Waals surface area contributed by atoms with Crippen molar-refractivity contribution in [1.82, 2.24) is 4.90 Å². The SMILES string of the molecule is C[Si](C)(C)C#CC1=CCN(C(=O)C2(O)CC2)CC1. The Labute approximate surface area is 110 Å². The molecule has 0 radical (unpaired) electrons. The van der Waals surface area contributed by atoms with E-state index in [0.717, 1.165) is 12.0 Å². The second-order valence-corrected chi connectivity index (χ2v) is 11.0. The number of carbonyl (C=O) groups excluding carboxylic acids is 1. The van der Waals surface area contributed by atoms with Crippen molar-refractivity contribution in [3.8, 4) is 11.5 Å². The molecule has 0 bridgehead atoms. The van der Waals surface area contributed by atoms with Gasteiger partial charge in [-0.05, 0) is 19.3 Å². The number of carbonyl (C=O) groups is 1. The second-order valence-electron chi connectivity index (χ2n) is 6.26. The Hall–Kier alpha value is -1.05. The molecule has 2 aliphatic rings. The van der Waals surface area contributed by atoms with Crippen molar-refractivity contribution in [2.24, 2.45) is 0 Å². The quantitative estimate of drug-likeness (QED) is 0.576. The summed E-state index contributed by atoms with van der Waals surface area (Å²) in [6.45, 7) is 7.95. The van der Waals surface area contributed by atoms with E-state index in [1.807, 2.05) is 6.08 Å². The highest BCUT2D eigenvalue weighted by Gasteiger charge is 2.50. The molecular weight excluding hydrogens is 242 g/mol. The number of nitrogens with zero attached hydrogens (tertiary/aromatic N) is 1. The molecule has 1 aliphatic carbocycles. The van der Waals surface area contributed by atoms with Gasteiger partial charge in [-0.1, -0.05) is 31.6 Å². The Morgan fingerprint density at radius 3 is 2.56 bits per heavy atom. The fraction of sp³-hybridized carbons (Fsp3) is 0.643. The van der Waals surface area contributed by atoms with Crippen molar-refractivity contribution in [3.63, 3.8) is 0 Å². The molecule has 3 nitrogen and oxygen atoms in total. The Bertz CT molecular complexity index is 447. The normalized spacial score (nSPS) is 21.8. The van der Waals surface area contributed by atoms with Gasteiger partial charge < -0.3 is 10.0 Å². The third-order valence-corrected chi connectivity index (χ3v) is 4.09. The topological polar surface area (TPSA) is 40.5 Å². The van der Waals surface area contributed by atoms with Crippen molar-refractivity contribution in [1.29, 1.82) is 0 Å². The smallest absolute Gasteiger partial charge is 0.254 e. The first-order chi connectivity index (χ1) is 8.30. The standard InChI is InChI=1S/C14H21NO2Si/c1-18(2,3)11-6-12-4-9-15(10-5-12)13(16)14(17)7-8-14/h4,17H,5,7-10H2,1-3H3. The van der Waals surface area contributed by atoms with E-state index in [9.17, 15) is 9.90 Å². The van der Waals surface area contributed by atoms with Gasteiger partial charge in [-0.2, -0.15) is 0 Å². The van der Waals surface area contributed by atoms with E-state index >= 15 is 0 Å². The number of rotatable bonds is 1. The van der Waals surface area contributed by atoms with Crippen molar-refractivity contribution in [2.75, 3.05) is 13.1 Å². The summed E-state index contributed by atoms with van der Waals surface area (Å²) in [6.07, 6.45) is 4.09. The summed E-state index contributed by atoms with van der Waals surface area (Å²) in [7, 11) is -1.32. The molecule has 0 aromatic rings. The summed E-state index contributed by atoms with van der Waals surface area (Å²) in [5, 5.41) is 9.79. The summed E-state index contributed by atoms with van der Waals surface area (Å²) in [4.78, 5) is 13.7. The van der Waals surface area contributed by atoms with Gasteiger partial charge in [-0.15, -0.1) is 5.54 Å². The molecule has 1 saturated carbocycles. The molecule has 1 amide bonds. The average Bonchev–Trinajstić information content (AvgIpc) is 3.05. The summed E-state index contributed by atoms with van der Waals surface area (Å²) in [5.41, 5.74) is 3.46. The number of aliphatic hydroxyl groups is 1. The maximum atomic E-state index is 11.9. The zero-order valence-electron chi connectivity index (χ0n) is 11.4. The first kappa shape index (κ1) is 13.4. The largest absolute Gasteiger partial charge is 0.380 e. The number of hydrogen-bond donors (Lipinski definition) is 1. The molecule has 1 aliphatic heterocycles. The van der Waals surface area contributed by atoms with Crippen molar-refractivity contribution < 1.29 is 9.90 Å².